The smallest absolute Gasteiger partial charge is 0.352 e. The first kappa shape index (κ1) is 12.2. The Labute approximate surface area is 107 Å². The third-order valence-electron chi connectivity index (χ3n) is 2.58. The molecule has 0 N–H and O–H groups in total. The zero-order valence-corrected chi connectivity index (χ0v) is 10.3. The normalized spacial score (nSPS) is 9.61. The summed E-state index contributed by atoms with van der Waals surface area (Å²) < 4.78 is 4.88. The molecular weight excluding hydrogens is 224 g/mol. The first-order valence-electron chi connectivity index (χ1n) is 5.99. The van der Waals surface area contributed by atoms with E-state index in [4.69, 9.17) is 4.74 Å². The Morgan fingerprint density at radius 1 is 1.17 bits per heavy atom. The average molecular weight is 238 g/mol. The molecule has 0 amide bonds. The number of benzene rings is 2. The second-order valence-electron chi connectivity index (χ2n) is 3.98. The molecule has 18 heavy (non-hydrogen) atoms. The fourth-order valence-electron chi connectivity index (χ4n) is 1.63. The number of carbonyl (C=O) groups is 1. The summed E-state index contributed by atoms with van der Waals surface area (Å²) in [5, 5.41) is 2.12. The van der Waals surface area contributed by atoms with Crippen molar-refractivity contribution in [3.63, 3.8) is 0 Å². The summed E-state index contributed by atoms with van der Waals surface area (Å²) in [5.74, 6) is 2.38. The van der Waals surface area contributed by atoms with Crippen LogP contribution in [0.1, 0.15) is 30.1 Å². The maximum absolute atomic E-state index is 11.7. The lowest BCUT2D eigenvalue weighted by Crippen LogP contribution is -2.00. The van der Waals surface area contributed by atoms with Crippen molar-refractivity contribution in [1.82, 2.24) is 0 Å². The van der Waals surface area contributed by atoms with Crippen molar-refractivity contribution >= 4 is 16.7 Å². The molecule has 2 aromatic carbocycles. The Bertz CT molecular complexity index is 618. The SMILES string of the molecule is CCCC#COC(=O)c1ccc2ccccc2c1. The number of esters is 1. The first-order valence-corrected chi connectivity index (χ1v) is 5.99. The van der Waals surface area contributed by atoms with Crippen LogP contribution in [-0.4, -0.2) is 5.97 Å². The molecule has 0 radical (unpaired) electrons. The largest absolute Gasteiger partial charge is 0.369 e. The fraction of sp³-hybridized carbons (Fsp3) is 0.188. The molecule has 90 valence electrons. The molecule has 0 heterocycles. The Balaban J connectivity index is 2.16. The van der Waals surface area contributed by atoms with Crippen LogP contribution in [0.3, 0.4) is 0 Å². The van der Waals surface area contributed by atoms with Gasteiger partial charge < -0.3 is 4.74 Å². The topological polar surface area (TPSA) is 26.3 Å². The molecule has 0 aliphatic heterocycles. The lowest BCUT2D eigenvalue weighted by molar-refractivity contribution is 0.0690. The van der Waals surface area contributed by atoms with Gasteiger partial charge >= 0.3 is 5.97 Å². The van der Waals surface area contributed by atoms with Gasteiger partial charge in [-0.3, -0.25) is 0 Å². The minimum Gasteiger partial charge on any atom is -0.369 e. The Morgan fingerprint density at radius 2 is 1.94 bits per heavy atom. The number of fused-ring (bicyclic) bond motifs is 1. The van der Waals surface area contributed by atoms with Gasteiger partial charge in [-0.15, -0.1) is 0 Å². The maximum atomic E-state index is 11.7. The van der Waals surface area contributed by atoms with E-state index in [1.807, 2.05) is 43.3 Å². The van der Waals surface area contributed by atoms with E-state index in [-0.39, 0.29) is 0 Å². The lowest BCUT2D eigenvalue weighted by Gasteiger charge is -2.00. The summed E-state index contributed by atoms with van der Waals surface area (Å²) in [6.07, 6.45) is 4.13. The van der Waals surface area contributed by atoms with Crippen LogP contribution >= 0.6 is 0 Å². The minimum atomic E-state index is -0.399. The van der Waals surface area contributed by atoms with Gasteiger partial charge in [0.25, 0.3) is 0 Å². The van der Waals surface area contributed by atoms with Gasteiger partial charge in [-0.25, -0.2) is 4.79 Å². The molecule has 2 rings (SSSR count). The Kier molecular flexibility index (Phi) is 3.98. The van der Waals surface area contributed by atoms with Crippen LogP contribution in [0.5, 0.6) is 0 Å². The number of rotatable bonds is 2. The van der Waals surface area contributed by atoms with Crippen LogP contribution in [0.25, 0.3) is 10.8 Å². The molecule has 0 aliphatic rings. The summed E-state index contributed by atoms with van der Waals surface area (Å²) in [5.41, 5.74) is 0.527. The molecule has 0 saturated heterocycles. The molecule has 0 aromatic heterocycles. The molecule has 0 atom stereocenters. The Morgan fingerprint density at radius 3 is 2.72 bits per heavy atom. The van der Waals surface area contributed by atoms with Crippen molar-refractivity contribution in [3.05, 3.63) is 48.0 Å². The van der Waals surface area contributed by atoms with Gasteiger partial charge in [0.15, 0.2) is 0 Å². The van der Waals surface area contributed by atoms with Gasteiger partial charge in [-0.1, -0.05) is 43.2 Å². The highest BCUT2D eigenvalue weighted by Gasteiger charge is 2.06. The van der Waals surface area contributed by atoms with Crippen molar-refractivity contribution in [2.24, 2.45) is 0 Å². The molecule has 0 unspecified atom stereocenters. The molecule has 0 bridgehead atoms. The number of hydrogen-bond acceptors (Lipinski definition) is 2. The van der Waals surface area contributed by atoms with Crippen LogP contribution < -0.4 is 0 Å². The van der Waals surface area contributed by atoms with Crippen molar-refractivity contribution in [3.8, 4) is 12.0 Å². The van der Waals surface area contributed by atoms with Crippen LogP contribution in [0.15, 0.2) is 42.5 Å². The molecule has 2 aromatic rings. The standard InChI is InChI=1S/C16H14O2/c1-2-3-6-11-18-16(17)15-10-9-13-7-4-5-8-14(13)12-15/h4-5,7-10,12H,2-3H2,1H3. The number of unbranched alkanes of at least 4 members (excludes halogenated alkanes) is 1. The predicted molar refractivity (Wildman–Crippen MR) is 72.0 cm³/mol. The van der Waals surface area contributed by atoms with Gasteiger partial charge in [0.05, 0.1) is 5.56 Å². The highest BCUT2D eigenvalue weighted by Crippen LogP contribution is 2.16. The van der Waals surface area contributed by atoms with E-state index in [1.165, 1.54) is 0 Å². The summed E-state index contributed by atoms with van der Waals surface area (Å²) in [7, 11) is 0. The third kappa shape index (κ3) is 2.89. The lowest BCUT2D eigenvalue weighted by atomic mass is 10.1. The van der Waals surface area contributed by atoms with Crippen LogP contribution in [0.4, 0.5) is 0 Å². The van der Waals surface area contributed by atoms with E-state index in [2.05, 4.69) is 12.0 Å². The number of ether oxygens (including phenoxy) is 1. The van der Waals surface area contributed by atoms with Crippen molar-refractivity contribution in [1.29, 1.82) is 0 Å². The van der Waals surface area contributed by atoms with Crippen molar-refractivity contribution in [2.75, 3.05) is 0 Å². The van der Waals surface area contributed by atoms with E-state index in [0.29, 0.717) is 5.56 Å². The minimum absolute atomic E-state index is 0.399. The first-order chi connectivity index (χ1) is 8.81. The molecule has 0 aliphatic carbocycles. The van der Waals surface area contributed by atoms with Crippen molar-refractivity contribution in [2.45, 2.75) is 19.8 Å². The molecule has 2 nitrogen and oxygen atoms in total. The van der Waals surface area contributed by atoms with E-state index < -0.39 is 5.97 Å². The monoisotopic (exact) mass is 238 g/mol. The summed E-state index contributed by atoms with van der Waals surface area (Å²) in [6.45, 7) is 2.03. The number of hydrogen-bond donors (Lipinski definition) is 0. The fourth-order valence-corrected chi connectivity index (χ4v) is 1.63. The zero-order valence-electron chi connectivity index (χ0n) is 10.3. The molecular formula is C16H14O2. The highest BCUT2D eigenvalue weighted by molar-refractivity contribution is 5.95. The van der Waals surface area contributed by atoms with Crippen molar-refractivity contribution < 1.29 is 9.53 Å². The van der Waals surface area contributed by atoms with E-state index in [1.54, 1.807) is 6.07 Å². The molecule has 0 spiro atoms. The second kappa shape index (κ2) is 5.88. The van der Waals surface area contributed by atoms with E-state index in [9.17, 15) is 4.79 Å². The number of carbonyl (C=O) groups excluding carboxylic acids is 1. The van der Waals surface area contributed by atoms with E-state index in [0.717, 1.165) is 23.6 Å². The van der Waals surface area contributed by atoms with Gasteiger partial charge in [0.2, 0.25) is 0 Å². The summed E-state index contributed by atoms with van der Waals surface area (Å²) in [6, 6.07) is 13.4. The van der Waals surface area contributed by atoms with Gasteiger partial charge in [-0.2, -0.15) is 0 Å². The van der Waals surface area contributed by atoms with Gasteiger partial charge in [0, 0.05) is 6.42 Å². The summed E-state index contributed by atoms with van der Waals surface area (Å²) in [4.78, 5) is 11.7. The van der Waals surface area contributed by atoms with E-state index >= 15 is 0 Å². The molecule has 0 saturated carbocycles. The average Bonchev–Trinajstić information content (AvgIpc) is 2.43. The predicted octanol–water partition coefficient (Wildman–Crippen LogP) is 3.76. The maximum Gasteiger partial charge on any atom is 0.352 e. The summed E-state index contributed by atoms with van der Waals surface area (Å²) >= 11 is 0. The second-order valence-corrected chi connectivity index (χ2v) is 3.98. The van der Waals surface area contributed by atoms with Crippen LogP contribution in [0.2, 0.25) is 0 Å². The zero-order chi connectivity index (χ0) is 12.8. The quantitative estimate of drug-likeness (QED) is 0.588. The van der Waals surface area contributed by atoms with Crippen LogP contribution in [-0.2, 0) is 4.74 Å². The third-order valence-corrected chi connectivity index (χ3v) is 2.58. The van der Waals surface area contributed by atoms with Gasteiger partial charge in [-0.05, 0) is 29.3 Å². The van der Waals surface area contributed by atoms with Gasteiger partial charge in [0.1, 0.15) is 6.11 Å². The molecule has 2 heteroatoms. The van der Waals surface area contributed by atoms with Crippen LogP contribution in [0, 0.1) is 12.0 Å². The Hall–Kier alpha value is -2.27. The highest BCUT2D eigenvalue weighted by atomic mass is 16.5. The molecule has 0 fully saturated rings.